The largest absolute Gasteiger partial charge is 0.393 e. The molecule has 1 saturated heterocycles. The van der Waals surface area contributed by atoms with Crippen LogP contribution < -0.4 is 16.0 Å². The van der Waals surface area contributed by atoms with Gasteiger partial charge < -0.3 is 16.0 Å². The van der Waals surface area contributed by atoms with Crippen LogP contribution in [-0.4, -0.2) is 55.0 Å². The van der Waals surface area contributed by atoms with Crippen molar-refractivity contribution in [2.24, 2.45) is 18.9 Å². The Hall–Kier alpha value is -3.19. The van der Waals surface area contributed by atoms with Gasteiger partial charge in [-0.05, 0) is 55.8 Å². The lowest BCUT2D eigenvalue weighted by Crippen LogP contribution is -2.55. The van der Waals surface area contributed by atoms with Gasteiger partial charge in [0.05, 0.1) is 36.1 Å². The van der Waals surface area contributed by atoms with Crippen molar-refractivity contribution >= 4 is 29.9 Å². The molecule has 2 amide bonds. The summed E-state index contributed by atoms with van der Waals surface area (Å²) < 4.78 is 43.3. The quantitative estimate of drug-likeness (QED) is 0.393. The van der Waals surface area contributed by atoms with Crippen molar-refractivity contribution < 1.29 is 22.8 Å². The predicted octanol–water partition coefficient (Wildman–Crippen LogP) is 3.48. The molecule has 3 atom stereocenters. The highest BCUT2D eigenvalue weighted by Crippen LogP contribution is 2.35. The zero-order valence-electron chi connectivity index (χ0n) is 22.2. The van der Waals surface area contributed by atoms with Crippen LogP contribution in [-0.2, 0) is 18.4 Å². The maximum atomic E-state index is 13.4. The molecular formula is C26H34ClF3N8O2. The SMILES string of the molecule is Cl.Cn1nccc1C(=O)N[C@H](c1cn2ncc(CNC(=O)[C@@H]3NCCC[C@H]3C(F)(F)F)cc2n1)C1CCCCC1. The van der Waals surface area contributed by atoms with E-state index in [4.69, 9.17) is 4.98 Å². The minimum atomic E-state index is -4.44. The molecule has 2 aliphatic rings. The summed E-state index contributed by atoms with van der Waals surface area (Å²) in [7, 11) is 1.72. The number of hydrogen-bond acceptors (Lipinski definition) is 6. The summed E-state index contributed by atoms with van der Waals surface area (Å²) >= 11 is 0. The molecule has 1 aliphatic carbocycles. The van der Waals surface area contributed by atoms with Crippen molar-refractivity contribution in [3.63, 3.8) is 0 Å². The Morgan fingerprint density at radius 2 is 1.93 bits per heavy atom. The fraction of sp³-hybridized carbons (Fsp3) is 0.577. The van der Waals surface area contributed by atoms with Crippen molar-refractivity contribution in [2.45, 2.75) is 69.8 Å². The second-order valence-corrected chi connectivity index (χ2v) is 10.5. The lowest BCUT2D eigenvalue weighted by Gasteiger charge is -2.32. The van der Waals surface area contributed by atoms with Crippen molar-refractivity contribution in [2.75, 3.05) is 6.54 Å². The standard InChI is InChI=1S/C26H33F3N8O2.ClH/c1-36-20(9-11-32-36)24(38)35-22(17-6-3-2-4-7-17)19-15-37-21(34-19)12-16(14-33-37)13-31-25(39)23-18(26(27,28)29)8-5-10-30-23;/h9,11-12,14-15,17-18,22-23,30H,2-8,10,13H2,1H3,(H,31,39)(H,35,38);1H/t18-,22+,23-;/m1./s1. The van der Waals surface area contributed by atoms with Gasteiger partial charge in [0.15, 0.2) is 5.65 Å². The highest BCUT2D eigenvalue weighted by Gasteiger charge is 2.48. The Balaban J connectivity index is 0.00000370. The molecule has 3 N–H and O–H groups in total. The van der Waals surface area contributed by atoms with Crippen LogP contribution in [0.2, 0.25) is 0 Å². The highest BCUT2D eigenvalue weighted by atomic mass is 35.5. The molecule has 3 aromatic rings. The summed E-state index contributed by atoms with van der Waals surface area (Å²) in [6.45, 7) is 0.394. The molecule has 40 heavy (non-hydrogen) atoms. The van der Waals surface area contributed by atoms with Crippen LogP contribution in [0.15, 0.2) is 30.7 Å². The van der Waals surface area contributed by atoms with Gasteiger partial charge in [-0.3, -0.25) is 14.3 Å². The first-order chi connectivity index (χ1) is 18.7. The molecular weight excluding hydrogens is 549 g/mol. The maximum Gasteiger partial charge on any atom is 0.393 e. The van der Waals surface area contributed by atoms with E-state index in [1.165, 1.54) is 11.1 Å². The van der Waals surface area contributed by atoms with Gasteiger partial charge in [-0.2, -0.15) is 23.4 Å². The molecule has 3 aromatic heterocycles. The average molecular weight is 583 g/mol. The van der Waals surface area contributed by atoms with Gasteiger partial charge in [-0.25, -0.2) is 9.50 Å². The summed E-state index contributed by atoms with van der Waals surface area (Å²) in [4.78, 5) is 30.4. The Kier molecular flexibility index (Phi) is 9.34. The van der Waals surface area contributed by atoms with Gasteiger partial charge in [-0.15, -0.1) is 12.4 Å². The molecule has 0 bridgehead atoms. The number of piperidine rings is 1. The van der Waals surface area contributed by atoms with E-state index in [9.17, 15) is 22.8 Å². The number of amides is 2. The molecule has 4 heterocycles. The molecule has 14 heteroatoms. The number of imidazole rings is 1. The minimum Gasteiger partial charge on any atom is -0.351 e. The summed E-state index contributed by atoms with van der Waals surface area (Å²) in [6.07, 6.45) is 6.08. The molecule has 2 fully saturated rings. The Labute approximate surface area is 235 Å². The van der Waals surface area contributed by atoms with Crippen LogP contribution in [0.5, 0.6) is 0 Å². The molecule has 1 saturated carbocycles. The van der Waals surface area contributed by atoms with E-state index in [2.05, 4.69) is 26.1 Å². The molecule has 0 radical (unpaired) electrons. The average Bonchev–Trinajstić information content (AvgIpc) is 3.56. The third-order valence-electron chi connectivity index (χ3n) is 7.80. The zero-order chi connectivity index (χ0) is 27.6. The lowest BCUT2D eigenvalue weighted by atomic mass is 9.82. The van der Waals surface area contributed by atoms with Crippen molar-refractivity contribution in [1.29, 1.82) is 0 Å². The summed E-state index contributed by atoms with van der Waals surface area (Å²) in [5.41, 5.74) is 2.28. The van der Waals surface area contributed by atoms with Gasteiger partial charge in [0, 0.05) is 19.8 Å². The predicted molar refractivity (Wildman–Crippen MR) is 143 cm³/mol. The van der Waals surface area contributed by atoms with E-state index in [-0.39, 0.29) is 43.2 Å². The number of nitrogens with zero attached hydrogens (tertiary/aromatic N) is 5. The van der Waals surface area contributed by atoms with E-state index in [0.717, 1.165) is 25.7 Å². The Morgan fingerprint density at radius 3 is 2.62 bits per heavy atom. The number of carbonyl (C=O) groups excluding carboxylic acids is 2. The summed E-state index contributed by atoms with van der Waals surface area (Å²) in [6, 6.07) is 1.79. The number of aromatic nitrogens is 5. The molecule has 218 valence electrons. The van der Waals surface area contributed by atoms with E-state index >= 15 is 0 Å². The first kappa shape index (κ1) is 29.8. The third-order valence-corrected chi connectivity index (χ3v) is 7.80. The van der Waals surface area contributed by atoms with Crippen LogP contribution in [0.3, 0.4) is 0 Å². The number of fused-ring (bicyclic) bond motifs is 1. The topological polar surface area (TPSA) is 118 Å². The van der Waals surface area contributed by atoms with Crippen LogP contribution in [0.1, 0.15) is 72.7 Å². The van der Waals surface area contributed by atoms with Gasteiger partial charge in [0.25, 0.3) is 5.91 Å². The van der Waals surface area contributed by atoms with Crippen LogP contribution in [0.4, 0.5) is 13.2 Å². The van der Waals surface area contributed by atoms with Crippen LogP contribution in [0.25, 0.3) is 5.65 Å². The van der Waals surface area contributed by atoms with Gasteiger partial charge >= 0.3 is 6.18 Å². The second kappa shape index (κ2) is 12.5. The summed E-state index contributed by atoms with van der Waals surface area (Å²) in [5.74, 6) is -2.40. The maximum absolute atomic E-state index is 13.4. The zero-order valence-corrected chi connectivity index (χ0v) is 23.0. The van der Waals surface area contributed by atoms with Crippen molar-refractivity contribution in [3.05, 3.63) is 47.7 Å². The first-order valence-corrected chi connectivity index (χ1v) is 13.4. The number of carbonyl (C=O) groups is 2. The molecule has 10 nitrogen and oxygen atoms in total. The molecule has 5 rings (SSSR count). The van der Waals surface area contributed by atoms with Crippen molar-refractivity contribution in [3.8, 4) is 0 Å². The molecule has 0 unspecified atom stereocenters. The van der Waals surface area contributed by atoms with Crippen LogP contribution in [0, 0.1) is 11.8 Å². The minimum absolute atomic E-state index is 0. The number of aryl methyl sites for hydroxylation is 1. The van der Waals surface area contributed by atoms with Gasteiger partial charge in [0.1, 0.15) is 5.69 Å². The monoisotopic (exact) mass is 582 g/mol. The third kappa shape index (κ3) is 6.57. The second-order valence-electron chi connectivity index (χ2n) is 10.5. The highest BCUT2D eigenvalue weighted by molar-refractivity contribution is 5.92. The van der Waals surface area contributed by atoms with E-state index in [1.54, 1.807) is 42.3 Å². The lowest BCUT2D eigenvalue weighted by molar-refractivity contribution is -0.190. The number of halogens is 4. The summed E-state index contributed by atoms with van der Waals surface area (Å²) in [5, 5.41) is 17.0. The molecule has 1 aliphatic heterocycles. The molecule has 0 spiro atoms. The Morgan fingerprint density at radius 1 is 1.15 bits per heavy atom. The van der Waals surface area contributed by atoms with E-state index in [1.807, 2.05) is 0 Å². The number of nitrogens with one attached hydrogen (secondary N) is 3. The van der Waals surface area contributed by atoms with Crippen molar-refractivity contribution in [1.82, 2.24) is 40.3 Å². The fourth-order valence-corrected chi connectivity index (χ4v) is 5.71. The molecule has 0 aromatic carbocycles. The Bertz CT molecular complexity index is 1320. The smallest absolute Gasteiger partial charge is 0.351 e. The van der Waals surface area contributed by atoms with E-state index < -0.39 is 24.0 Å². The number of alkyl halides is 3. The number of rotatable bonds is 7. The van der Waals surface area contributed by atoms with Gasteiger partial charge in [0.2, 0.25) is 5.91 Å². The van der Waals surface area contributed by atoms with Gasteiger partial charge in [-0.1, -0.05) is 19.3 Å². The number of hydrogen-bond donors (Lipinski definition) is 3. The first-order valence-electron chi connectivity index (χ1n) is 13.4. The fourth-order valence-electron chi connectivity index (χ4n) is 5.71. The van der Waals surface area contributed by atoms with E-state index in [0.29, 0.717) is 35.6 Å². The normalized spacial score (nSPS) is 21.0. The van der Waals surface area contributed by atoms with Crippen LogP contribution >= 0.6 is 12.4 Å².